The van der Waals surface area contributed by atoms with E-state index in [1.807, 2.05) is 30.3 Å². The number of hydrogen-bond acceptors (Lipinski definition) is 3. The number of anilines is 1. The van der Waals surface area contributed by atoms with Crippen LogP contribution in [0.25, 0.3) is 0 Å². The first-order valence-electron chi connectivity index (χ1n) is 7.17. The second-order valence-corrected chi connectivity index (χ2v) is 5.62. The van der Waals surface area contributed by atoms with Crippen LogP contribution in [0.4, 0.5) is 5.69 Å². The lowest BCUT2D eigenvalue weighted by atomic mass is 10.1. The summed E-state index contributed by atoms with van der Waals surface area (Å²) in [6.07, 6.45) is 0.233. The smallest absolute Gasteiger partial charge is 0.262 e. The van der Waals surface area contributed by atoms with E-state index in [2.05, 4.69) is 10.6 Å². The second-order valence-electron chi connectivity index (χ2n) is 5.21. The lowest BCUT2D eigenvalue weighted by molar-refractivity contribution is -0.120. The Morgan fingerprint density at radius 3 is 2.91 bits per heavy atom. The molecule has 2 N–H and O–H groups in total. The van der Waals surface area contributed by atoms with Crippen molar-refractivity contribution < 1.29 is 14.3 Å². The number of amides is 2. The van der Waals surface area contributed by atoms with Gasteiger partial charge < -0.3 is 15.4 Å². The summed E-state index contributed by atoms with van der Waals surface area (Å²) in [5.41, 5.74) is 2.34. The van der Waals surface area contributed by atoms with E-state index in [0.29, 0.717) is 23.0 Å². The molecule has 6 heteroatoms. The van der Waals surface area contributed by atoms with E-state index in [1.165, 1.54) is 0 Å². The van der Waals surface area contributed by atoms with Gasteiger partial charge >= 0.3 is 0 Å². The van der Waals surface area contributed by atoms with E-state index < -0.39 is 0 Å². The molecule has 1 aliphatic rings. The second kappa shape index (κ2) is 6.71. The number of halogens is 1. The zero-order chi connectivity index (χ0) is 16.2. The Labute approximate surface area is 138 Å². The molecule has 0 unspecified atom stereocenters. The summed E-state index contributed by atoms with van der Waals surface area (Å²) in [5, 5.41) is 6.16. The van der Waals surface area contributed by atoms with Crippen LogP contribution in [0.2, 0.25) is 5.02 Å². The lowest BCUT2D eigenvalue weighted by Gasteiger charge is -2.18. The molecule has 3 rings (SSSR count). The number of carbonyl (C=O) groups is 2. The molecule has 118 valence electrons. The summed E-state index contributed by atoms with van der Waals surface area (Å²) in [4.78, 5) is 23.2. The maximum Gasteiger partial charge on any atom is 0.262 e. The molecule has 0 spiro atoms. The van der Waals surface area contributed by atoms with Gasteiger partial charge in [-0.15, -0.1) is 0 Å². The Balaban J connectivity index is 1.59. The SMILES string of the molecule is O=C(Cc1ccccc1Cl)NCc1ccc2c(c1)OCC(=O)N2. The first-order valence-corrected chi connectivity index (χ1v) is 7.55. The van der Waals surface area contributed by atoms with Gasteiger partial charge in [0.1, 0.15) is 5.75 Å². The van der Waals surface area contributed by atoms with Crippen LogP contribution in [0.15, 0.2) is 42.5 Å². The normalized spacial score (nSPS) is 12.8. The highest BCUT2D eigenvalue weighted by atomic mass is 35.5. The van der Waals surface area contributed by atoms with Gasteiger partial charge in [0.25, 0.3) is 5.91 Å². The van der Waals surface area contributed by atoms with Crippen LogP contribution in [0.1, 0.15) is 11.1 Å². The van der Waals surface area contributed by atoms with Crippen molar-refractivity contribution in [3.05, 3.63) is 58.6 Å². The van der Waals surface area contributed by atoms with E-state index in [4.69, 9.17) is 16.3 Å². The number of nitrogens with one attached hydrogen (secondary N) is 2. The number of fused-ring (bicyclic) bond motifs is 1. The largest absolute Gasteiger partial charge is 0.482 e. The molecule has 1 heterocycles. The quantitative estimate of drug-likeness (QED) is 0.905. The van der Waals surface area contributed by atoms with Gasteiger partial charge in [0.2, 0.25) is 5.91 Å². The van der Waals surface area contributed by atoms with E-state index in [1.54, 1.807) is 12.1 Å². The van der Waals surface area contributed by atoms with Crippen molar-refractivity contribution in [1.82, 2.24) is 5.32 Å². The van der Waals surface area contributed by atoms with Gasteiger partial charge in [-0.25, -0.2) is 0 Å². The molecule has 23 heavy (non-hydrogen) atoms. The molecule has 0 saturated carbocycles. The topological polar surface area (TPSA) is 67.4 Å². The van der Waals surface area contributed by atoms with Crippen LogP contribution in [0.5, 0.6) is 5.75 Å². The molecule has 0 bridgehead atoms. The molecule has 2 amide bonds. The van der Waals surface area contributed by atoms with Gasteiger partial charge in [-0.05, 0) is 29.3 Å². The van der Waals surface area contributed by atoms with Gasteiger partial charge in [0.05, 0.1) is 12.1 Å². The monoisotopic (exact) mass is 330 g/mol. The highest BCUT2D eigenvalue weighted by Gasteiger charge is 2.16. The molecule has 0 atom stereocenters. The maximum absolute atomic E-state index is 12.0. The Morgan fingerprint density at radius 2 is 2.09 bits per heavy atom. The Kier molecular flexibility index (Phi) is 4.48. The van der Waals surface area contributed by atoms with Gasteiger partial charge in [-0.2, -0.15) is 0 Å². The van der Waals surface area contributed by atoms with Crippen LogP contribution in [0.3, 0.4) is 0 Å². The summed E-state index contributed by atoms with van der Waals surface area (Å²) in [6.45, 7) is 0.392. The summed E-state index contributed by atoms with van der Waals surface area (Å²) in [5.74, 6) is 0.339. The highest BCUT2D eigenvalue weighted by Crippen LogP contribution is 2.28. The van der Waals surface area contributed by atoms with Crippen molar-refractivity contribution in [3.63, 3.8) is 0 Å². The molecule has 5 nitrogen and oxygen atoms in total. The third kappa shape index (κ3) is 3.81. The van der Waals surface area contributed by atoms with Gasteiger partial charge in [0.15, 0.2) is 6.61 Å². The summed E-state index contributed by atoms with van der Waals surface area (Å²) < 4.78 is 5.35. The lowest BCUT2D eigenvalue weighted by Crippen LogP contribution is -2.26. The number of carbonyl (C=O) groups excluding carboxylic acids is 2. The van der Waals surface area contributed by atoms with Crippen molar-refractivity contribution in [2.45, 2.75) is 13.0 Å². The fraction of sp³-hybridized carbons (Fsp3) is 0.176. The first kappa shape index (κ1) is 15.4. The molecule has 2 aromatic rings. The molecule has 0 saturated heterocycles. The summed E-state index contributed by atoms with van der Waals surface area (Å²) in [6, 6.07) is 12.7. The van der Waals surface area contributed by atoms with E-state index in [0.717, 1.165) is 11.1 Å². The fourth-order valence-corrected chi connectivity index (χ4v) is 2.51. The molecule has 0 aliphatic carbocycles. The van der Waals surface area contributed by atoms with Crippen molar-refractivity contribution in [3.8, 4) is 5.75 Å². The third-order valence-electron chi connectivity index (χ3n) is 3.48. The van der Waals surface area contributed by atoms with Crippen LogP contribution in [-0.4, -0.2) is 18.4 Å². The van der Waals surface area contributed by atoms with Crippen LogP contribution >= 0.6 is 11.6 Å². The molecule has 0 fully saturated rings. The average Bonchev–Trinajstić information content (AvgIpc) is 2.55. The van der Waals surface area contributed by atoms with Gasteiger partial charge in [0, 0.05) is 11.6 Å². The minimum atomic E-state index is -0.168. The highest BCUT2D eigenvalue weighted by molar-refractivity contribution is 6.31. The van der Waals surface area contributed by atoms with E-state index >= 15 is 0 Å². The standard InChI is InChI=1S/C17H15ClN2O3/c18-13-4-2-1-3-12(13)8-16(21)19-9-11-5-6-14-15(7-11)23-10-17(22)20-14/h1-7H,8-10H2,(H,19,21)(H,20,22). The molecule has 0 radical (unpaired) electrons. The molecule has 1 aliphatic heterocycles. The number of benzene rings is 2. The molecule has 2 aromatic carbocycles. The van der Waals surface area contributed by atoms with Crippen molar-refractivity contribution in [2.75, 3.05) is 11.9 Å². The summed E-state index contributed by atoms with van der Waals surface area (Å²) in [7, 11) is 0. The zero-order valence-electron chi connectivity index (χ0n) is 12.3. The zero-order valence-corrected chi connectivity index (χ0v) is 13.0. The summed E-state index contributed by atoms with van der Waals surface area (Å²) >= 11 is 6.05. The molecule has 0 aromatic heterocycles. The van der Waals surface area contributed by atoms with Crippen molar-refractivity contribution in [1.29, 1.82) is 0 Å². The maximum atomic E-state index is 12.0. The van der Waals surface area contributed by atoms with E-state index in [9.17, 15) is 9.59 Å². The molecular formula is C17H15ClN2O3. The first-order chi connectivity index (χ1) is 11.1. The van der Waals surface area contributed by atoms with Gasteiger partial charge in [-0.1, -0.05) is 35.9 Å². The van der Waals surface area contributed by atoms with Crippen LogP contribution in [0, 0.1) is 0 Å². The third-order valence-corrected chi connectivity index (χ3v) is 3.85. The van der Waals surface area contributed by atoms with E-state index in [-0.39, 0.29) is 24.8 Å². The molecular weight excluding hydrogens is 316 g/mol. The number of hydrogen-bond donors (Lipinski definition) is 2. The van der Waals surface area contributed by atoms with Crippen molar-refractivity contribution >= 4 is 29.1 Å². The predicted molar refractivity (Wildman–Crippen MR) is 87.6 cm³/mol. The predicted octanol–water partition coefficient (Wildman–Crippen LogP) is 2.53. The minimum absolute atomic E-state index is 0.00924. The Morgan fingerprint density at radius 1 is 1.26 bits per heavy atom. The Bertz CT molecular complexity index is 761. The number of ether oxygens (including phenoxy) is 1. The fourth-order valence-electron chi connectivity index (χ4n) is 2.31. The van der Waals surface area contributed by atoms with Crippen molar-refractivity contribution in [2.24, 2.45) is 0 Å². The van der Waals surface area contributed by atoms with Crippen LogP contribution in [-0.2, 0) is 22.6 Å². The minimum Gasteiger partial charge on any atom is -0.482 e. The average molecular weight is 331 g/mol. The van der Waals surface area contributed by atoms with Gasteiger partial charge in [-0.3, -0.25) is 9.59 Å². The van der Waals surface area contributed by atoms with Crippen LogP contribution < -0.4 is 15.4 Å². The Hall–Kier alpha value is -2.53. The number of rotatable bonds is 4.